The molecule has 4 heteroatoms. The van der Waals surface area contributed by atoms with Crippen LogP contribution in [0.3, 0.4) is 0 Å². The molecule has 0 spiro atoms. The number of aryl methyl sites for hydroxylation is 1. The van der Waals surface area contributed by atoms with E-state index in [4.69, 9.17) is 11.6 Å². The lowest BCUT2D eigenvalue weighted by Crippen LogP contribution is -2.01. The summed E-state index contributed by atoms with van der Waals surface area (Å²) in [4.78, 5) is 0. The van der Waals surface area contributed by atoms with Gasteiger partial charge in [0.1, 0.15) is 0 Å². The van der Waals surface area contributed by atoms with Crippen LogP contribution in [-0.4, -0.2) is 9.78 Å². The quantitative estimate of drug-likeness (QED) is 0.771. The second-order valence-corrected chi connectivity index (χ2v) is 5.37. The van der Waals surface area contributed by atoms with E-state index in [1.807, 2.05) is 35.1 Å². The van der Waals surface area contributed by atoms with Crippen molar-refractivity contribution >= 4 is 17.3 Å². The largest absolute Gasteiger partial charge is 0.381 e. The van der Waals surface area contributed by atoms with Crippen molar-refractivity contribution in [2.75, 3.05) is 5.32 Å². The number of nitrogens with one attached hydrogen (secondary N) is 1. The SMILES string of the molecule is Cc1ccc(Cl)cc1NCc1ccc(-n2cccn2)cc1. The zero-order chi connectivity index (χ0) is 14.7. The monoisotopic (exact) mass is 297 g/mol. The molecule has 0 saturated heterocycles. The molecule has 0 bridgehead atoms. The van der Waals surface area contributed by atoms with Crippen LogP contribution < -0.4 is 5.32 Å². The van der Waals surface area contributed by atoms with E-state index in [2.05, 4.69) is 41.6 Å². The number of nitrogens with zero attached hydrogens (tertiary/aromatic N) is 2. The molecule has 0 amide bonds. The van der Waals surface area contributed by atoms with Crippen LogP contribution in [0.5, 0.6) is 0 Å². The molecule has 106 valence electrons. The van der Waals surface area contributed by atoms with Gasteiger partial charge in [-0.05, 0) is 48.4 Å². The van der Waals surface area contributed by atoms with Crippen molar-refractivity contribution in [3.63, 3.8) is 0 Å². The first kappa shape index (κ1) is 13.7. The Bertz CT molecular complexity index is 718. The number of benzene rings is 2. The van der Waals surface area contributed by atoms with Crippen LogP contribution in [0, 0.1) is 6.92 Å². The molecule has 0 aliphatic heterocycles. The summed E-state index contributed by atoms with van der Waals surface area (Å²) < 4.78 is 1.85. The maximum Gasteiger partial charge on any atom is 0.0645 e. The summed E-state index contributed by atoms with van der Waals surface area (Å²) in [5.41, 5.74) is 4.53. The standard InChI is InChI=1S/C17H16ClN3/c1-13-3-6-15(18)11-17(13)19-12-14-4-7-16(8-5-14)21-10-2-9-20-21/h2-11,19H,12H2,1H3. The van der Waals surface area contributed by atoms with E-state index in [-0.39, 0.29) is 0 Å². The predicted octanol–water partition coefficient (Wildman–Crippen LogP) is 4.45. The average Bonchev–Trinajstić information content (AvgIpc) is 3.03. The van der Waals surface area contributed by atoms with Gasteiger partial charge in [0.15, 0.2) is 0 Å². The summed E-state index contributed by atoms with van der Waals surface area (Å²) in [5, 5.41) is 8.38. The van der Waals surface area contributed by atoms with Crippen molar-refractivity contribution in [1.82, 2.24) is 9.78 Å². The zero-order valence-electron chi connectivity index (χ0n) is 11.8. The van der Waals surface area contributed by atoms with Crippen LogP contribution in [-0.2, 0) is 6.54 Å². The van der Waals surface area contributed by atoms with Crippen molar-refractivity contribution in [2.24, 2.45) is 0 Å². The molecule has 21 heavy (non-hydrogen) atoms. The normalized spacial score (nSPS) is 10.6. The number of aromatic nitrogens is 2. The molecule has 2 aromatic carbocycles. The lowest BCUT2D eigenvalue weighted by atomic mass is 10.1. The van der Waals surface area contributed by atoms with E-state index in [9.17, 15) is 0 Å². The van der Waals surface area contributed by atoms with Gasteiger partial charge in [0, 0.05) is 29.6 Å². The molecular weight excluding hydrogens is 282 g/mol. The van der Waals surface area contributed by atoms with Crippen LogP contribution >= 0.6 is 11.6 Å². The molecule has 0 unspecified atom stereocenters. The molecule has 0 aliphatic rings. The Labute approximate surface area is 129 Å². The topological polar surface area (TPSA) is 29.9 Å². The maximum absolute atomic E-state index is 6.03. The molecule has 0 fully saturated rings. The van der Waals surface area contributed by atoms with Gasteiger partial charge in [-0.1, -0.05) is 29.8 Å². The third-order valence-corrected chi connectivity index (χ3v) is 3.62. The Morgan fingerprint density at radius 2 is 1.95 bits per heavy atom. The predicted molar refractivity (Wildman–Crippen MR) is 87.1 cm³/mol. The van der Waals surface area contributed by atoms with Crippen molar-refractivity contribution in [3.05, 3.63) is 77.1 Å². The van der Waals surface area contributed by atoms with Crippen LogP contribution in [0.25, 0.3) is 5.69 Å². The van der Waals surface area contributed by atoms with Crippen molar-refractivity contribution in [3.8, 4) is 5.69 Å². The van der Waals surface area contributed by atoms with Gasteiger partial charge in [-0.25, -0.2) is 4.68 Å². The Hall–Kier alpha value is -2.26. The highest BCUT2D eigenvalue weighted by molar-refractivity contribution is 6.30. The van der Waals surface area contributed by atoms with Gasteiger partial charge >= 0.3 is 0 Å². The fraction of sp³-hybridized carbons (Fsp3) is 0.118. The first-order chi connectivity index (χ1) is 10.2. The maximum atomic E-state index is 6.03. The van der Waals surface area contributed by atoms with E-state index in [0.717, 1.165) is 22.9 Å². The molecule has 3 rings (SSSR count). The number of hydrogen-bond donors (Lipinski definition) is 1. The highest BCUT2D eigenvalue weighted by atomic mass is 35.5. The zero-order valence-corrected chi connectivity index (χ0v) is 12.5. The smallest absolute Gasteiger partial charge is 0.0645 e. The van der Waals surface area contributed by atoms with Gasteiger partial charge in [-0.3, -0.25) is 0 Å². The summed E-state index contributed by atoms with van der Waals surface area (Å²) in [6.45, 7) is 2.83. The molecule has 0 atom stereocenters. The van der Waals surface area contributed by atoms with Crippen molar-refractivity contribution < 1.29 is 0 Å². The lowest BCUT2D eigenvalue weighted by Gasteiger charge is -2.10. The molecule has 1 aromatic heterocycles. The molecule has 0 aliphatic carbocycles. The third-order valence-electron chi connectivity index (χ3n) is 3.39. The number of halogens is 1. The molecule has 0 radical (unpaired) electrons. The molecule has 3 aromatic rings. The summed E-state index contributed by atoms with van der Waals surface area (Å²) in [6, 6.07) is 16.1. The van der Waals surface area contributed by atoms with Crippen molar-refractivity contribution in [2.45, 2.75) is 13.5 Å². The van der Waals surface area contributed by atoms with Gasteiger partial charge in [-0.2, -0.15) is 5.10 Å². The lowest BCUT2D eigenvalue weighted by molar-refractivity contribution is 0.879. The van der Waals surface area contributed by atoms with Crippen LogP contribution in [0.2, 0.25) is 5.02 Å². The minimum atomic E-state index is 0.747. The first-order valence-electron chi connectivity index (χ1n) is 6.81. The molecule has 0 saturated carbocycles. The Balaban J connectivity index is 1.70. The van der Waals surface area contributed by atoms with Crippen LogP contribution in [0.4, 0.5) is 5.69 Å². The van der Waals surface area contributed by atoms with E-state index >= 15 is 0 Å². The summed E-state index contributed by atoms with van der Waals surface area (Å²) in [6.07, 6.45) is 3.71. The molecular formula is C17H16ClN3. The average molecular weight is 298 g/mol. The van der Waals surface area contributed by atoms with E-state index < -0.39 is 0 Å². The highest BCUT2D eigenvalue weighted by Crippen LogP contribution is 2.21. The van der Waals surface area contributed by atoms with Gasteiger partial charge in [-0.15, -0.1) is 0 Å². The molecule has 3 nitrogen and oxygen atoms in total. The Morgan fingerprint density at radius 1 is 1.14 bits per heavy atom. The fourth-order valence-corrected chi connectivity index (χ4v) is 2.34. The van der Waals surface area contributed by atoms with E-state index in [1.165, 1.54) is 11.1 Å². The fourth-order valence-electron chi connectivity index (χ4n) is 2.17. The molecule has 1 N–H and O–H groups in total. The van der Waals surface area contributed by atoms with Gasteiger partial charge < -0.3 is 5.32 Å². The first-order valence-corrected chi connectivity index (χ1v) is 7.19. The second-order valence-electron chi connectivity index (χ2n) is 4.93. The summed E-state index contributed by atoms with van der Waals surface area (Å²) in [7, 11) is 0. The highest BCUT2D eigenvalue weighted by Gasteiger charge is 2.01. The second kappa shape index (κ2) is 6.02. The third kappa shape index (κ3) is 3.26. The van der Waals surface area contributed by atoms with Crippen LogP contribution in [0.15, 0.2) is 60.9 Å². The minimum Gasteiger partial charge on any atom is -0.381 e. The summed E-state index contributed by atoms with van der Waals surface area (Å²) in [5.74, 6) is 0. The van der Waals surface area contributed by atoms with Crippen LogP contribution in [0.1, 0.15) is 11.1 Å². The van der Waals surface area contributed by atoms with Gasteiger partial charge in [0.25, 0.3) is 0 Å². The summed E-state index contributed by atoms with van der Waals surface area (Å²) >= 11 is 6.03. The number of hydrogen-bond acceptors (Lipinski definition) is 2. The number of anilines is 1. The van der Waals surface area contributed by atoms with E-state index in [0.29, 0.717) is 0 Å². The minimum absolute atomic E-state index is 0.747. The Morgan fingerprint density at radius 3 is 2.67 bits per heavy atom. The van der Waals surface area contributed by atoms with Gasteiger partial charge in [0.2, 0.25) is 0 Å². The Kier molecular flexibility index (Phi) is 3.93. The van der Waals surface area contributed by atoms with Gasteiger partial charge in [0.05, 0.1) is 5.69 Å². The van der Waals surface area contributed by atoms with E-state index in [1.54, 1.807) is 6.20 Å². The molecule has 1 heterocycles. The number of rotatable bonds is 4. The van der Waals surface area contributed by atoms with Crippen molar-refractivity contribution in [1.29, 1.82) is 0 Å².